The van der Waals surface area contributed by atoms with Crippen LogP contribution in [0.3, 0.4) is 0 Å². The van der Waals surface area contributed by atoms with E-state index in [1.54, 1.807) is 17.5 Å². The predicted octanol–water partition coefficient (Wildman–Crippen LogP) is 3.53. The summed E-state index contributed by atoms with van der Waals surface area (Å²) in [6.07, 6.45) is 8.64. The minimum Gasteiger partial charge on any atom is -0.478 e. The first-order chi connectivity index (χ1) is 16.5. The lowest BCUT2D eigenvalue weighted by atomic mass is 9.83. The summed E-state index contributed by atoms with van der Waals surface area (Å²) in [6, 6.07) is 3.88. The summed E-state index contributed by atoms with van der Waals surface area (Å²) >= 11 is 1.73. The molecule has 34 heavy (non-hydrogen) atoms. The number of hydrogen-bond donors (Lipinski definition) is 1. The zero-order valence-corrected chi connectivity index (χ0v) is 20.0. The van der Waals surface area contributed by atoms with Gasteiger partial charge in [-0.3, -0.25) is 9.20 Å². The zero-order chi connectivity index (χ0) is 23.7. The van der Waals surface area contributed by atoms with Gasteiger partial charge in [0.05, 0.1) is 29.5 Å². The molecule has 0 bridgehead atoms. The van der Waals surface area contributed by atoms with Gasteiger partial charge in [-0.1, -0.05) is 6.42 Å². The molecular formula is C25H28N4O4S. The van der Waals surface area contributed by atoms with Crippen LogP contribution in [0.5, 0.6) is 0 Å². The van der Waals surface area contributed by atoms with Gasteiger partial charge in [0, 0.05) is 42.6 Å². The van der Waals surface area contributed by atoms with Crippen LogP contribution in [-0.4, -0.2) is 51.7 Å². The number of nitrogens with zero attached hydrogens (tertiary/aromatic N) is 4. The molecule has 0 radical (unpaired) electrons. The van der Waals surface area contributed by atoms with Crippen LogP contribution in [-0.2, 0) is 22.4 Å². The van der Waals surface area contributed by atoms with Crippen LogP contribution in [0.2, 0.25) is 0 Å². The zero-order valence-electron chi connectivity index (χ0n) is 19.2. The van der Waals surface area contributed by atoms with Crippen molar-refractivity contribution in [1.29, 1.82) is 0 Å². The van der Waals surface area contributed by atoms with Crippen LogP contribution in [0.4, 0.5) is 5.82 Å². The van der Waals surface area contributed by atoms with Crippen LogP contribution in [0.15, 0.2) is 34.1 Å². The Labute approximate surface area is 201 Å². The van der Waals surface area contributed by atoms with Crippen molar-refractivity contribution in [3.05, 3.63) is 61.5 Å². The van der Waals surface area contributed by atoms with Gasteiger partial charge in [-0.05, 0) is 50.0 Å². The summed E-state index contributed by atoms with van der Waals surface area (Å²) in [7, 11) is 0. The standard InChI is InChI=1S/C25H28N4O4S/c1-16(25(31)32)13-19-23(28-9-11-33-12-10-28)27-21-14-17(7-8-29(21)24(19)30)5-6-22-26-20(15-34-22)18-3-2-4-18/h7-8,13-15,18H,2-6,9-12H2,1H3,(H,31,32)/b16-13+. The molecule has 8 nitrogen and oxygen atoms in total. The van der Waals surface area contributed by atoms with Gasteiger partial charge < -0.3 is 14.7 Å². The third-order valence-electron chi connectivity index (χ3n) is 6.64. The van der Waals surface area contributed by atoms with Crippen molar-refractivity contribution in [3.8, 4) is 0 Å². The highest BCUT2D eigenvalue weighted by atomic mass is 32.1. The molecule has 3 aromatic heterocycles. The minimum absolute atomic E-state index is 0.0923. The number of fused-ring (bicyclic) bond motifs is 1. The average molecular weight is 481 g/mol. The SMILES string of the molecule is C/C(=C\c1c(N2CCOCC2)nc2cc(CCc3nc(C4CCC4)cs3)ccn2c1=O)C(=O)O. The molecule has 0 spiro atoms. The number of thiazole rings is 1. The van der Waals surface area contributed by atoms with Crippen LogP contribution in [0.1, 0.15) is 53.9 Å². The Bertz CT molecular complexity index is 1300. The van der Waals surface area contributed by atoms with Crippen molar-refractivity contribution in [3.63, 3.8) is 0 Å². The summed E-state index contributed by atoms with van der Waals surface area (Å²) in [4.78, 5) is 36.4. The Balaban J connectivity index is 1.46. The molecule has 1 aliphatic heterocycles. The number of hydrogen-bond acceptors (Lipinski definition) is 7. The molecule has 5 rings (SSSR count). The number of morpholine rings is 1. The lowest BCUT2D eigenvalue weighted by Crippen LogP contribution is -2.38. The maximum atomic E-state index is 13.4. The molecule has 1 aliphatic carbocycles. The maximum absolute atomic E-state index is 13.4. The van der Waals surface area contributed by atoms with E-state index < -0.39 is 5.97 Å². The summed E-state index contributed by atoms with van der Waals surface area (Å²) in [5, 5.41) is 12.7. The van der Waals surface area contributed by atoms with Crippen molar-refractivity contribution in [2.24, 2.45) is 0 Å². The van der Waals surface area contributed by atoms with Crippen molar-refractivity contribution >= 4 is 34.8 Å². The lowest BCUT2D eigenvalue weighted by molar-refractivity contribution is -0.132. The average Bonchev–Trinajstić information content (AvgIpc) is 3.26. The Hall–Kier alpha value is -3.04. The van der Waals surface area contributed by atoms with Crippen molar-refractivity contribution < 1.29 is 14.6 Å². The van der Waals surface area contributed by atoms with Crippen LogP contribution in [0.25, 0.3) is 11.7 Å². The van der Waals surface area contributed by atoms with E-state index in [2.05, 4.69) is 5.38 Å². The number of ether oxygens (including phenoxy) is 1. The van der Waals surface area contributed by atoms with E-state index in [4.69, 9.17) is 14.7 Å². The van der Waals surface area contributed by atoms with Crippen molar-refractivity contribution in [2.75, 3.05) is 31.2 Å². The van der Waals surface area contributed by atoms with Gasteiger partial charge in [0.25, 0.3) is 5.56 Å². The van der Waals surface area contributed by atoms with Crippen molar-refractivity contribution in [1.82, 2.24) is 14.4 Å². The molecule has 1 saturated heterocycles. The number of pyridine rings is 1. The Kier molecular flexibility index (Phi) is 6.47. The van der Waals surface area contributed by atoms with Gasteiger partial charge in [-0.15, -0.1) is 11.3 Å². The second-order valence-corrected chi connectivity index (χ2v) is 9.89. The highest BCUT2D eigenvalue weighted by molar-refractivity contribution is 7.09. The minimum atomic E-state index is -1.06. The summed E-state index contributed by atoms with van der Waals surface area (Å²) in [6.45, 7) is 3.76. The van der Waals surface area contributed by atoms with E-state index in [1.165, 1.54) is 42.4 Å². The first-order valence-electron chi connectivity index (χ1n) is 11.7. The molecule has 0 atom stereocenters. The van der Waals surface area contributed by atoms with E-state index in [-0.39, 0.29) is 11.1 Å². The topological polar surface area (TPSA) is 97.0 Å². The fraction of sp³-hybridized carbons (Fsp3) is 0.440. The molecular weight excluding hydrogens is 452 g/mol. The Morgan fingerprint density at radius 1 is 1.26 bits per heavy atom. The van der Waals surface area contributed by atoms with Gasteiger partial charge in [0.2, 0.25) is 0 Å². The lowest BCUT2D eigenvalue weighted by Gasteiger charge is -2.29. The molecule has 2 fully saturated rings. The van der Waals surface area contributed by atoms with Crippen LogP contribution >= 0.6 is 11.3 Å². The number of rotatable bonds is 7. The highest BCUT2D eigenvalue weighted by Gasteiger charge is 2.22. The first-order valence-corrected chi connectivity index (χ1v) is 12.6. The van der Waals surface area contributed by atoms with Gasteiger partial charge in [0.15, 0.2) is 0 Å². The van der Waals surface area contributed by atoms with Gasteiger partial charge >= 0.3 is 5.97 Å². The van der Waals surface area contributed by atoms with Crippen LogP contribution < -0.4 is 10.5 Å². The molecule has 0 amide bonds. The summed E-state index contributed by atoms with van der Waals surface area (Å²) in [5.74, 6) is 0.0971. The van der Waals surface area contributed by atoms with Crippen molar-refractivity contribution in [2.45, 2.75) is 44.9 Å². The molecule has 9 heteroatoms. The van der Waals surface area contributed by atoms with E-state index in [0.29, 0.717) is 49.2 Å². The number of anilines is 1. The predicted molar refractivity (Wildman–Crippen MR) is 132 cm³/mol. The molecule has 0 aromatic carbocycles. The molecule has 1 saturated carbocycles. The normalized spacial score (nSPS) is 17.2. The fourth-order valence-electron chi connectivity index (χ4n) is 4.34. The monoisotopic (exact) mass is 480 g/mol. The molecule has 2 aliphatic rings. The summed E-state index contributed by atoms with van der Waals surface area (Å²) < 4.78 is 6.94. The van der Waals surface area contributed by atoms with E-state index >= 15 is 0 Å². The molecule has 3 aromatic rings. The molecule has 178 valence electrons. The Morgan fingerprint density at radius 3 is 2.76 bits per heavy atom. The number of carboxylic acids is 1. The van der Waals surface area contributed by atoms with Gasteiger partial charge in [0.1, 0.15) is 11.5 Å². The van der Waals surface area contributed by atoms with Crippen LogP contribution in [0, 0.1) is 0 Å². The quantitative estimate of drug-likeness (QED) is 0.517. The van der Waals surface area contributed by atoms with E-state index in [1.807, 2.05) is 17.0 Å². The third kappa shape index (κ3) is 4.63. The summed E-state index contributed by atoms with van der Waals surface area (Å²) in [5.41, 5.74) is 3.00. The smallest absolute Gasteiger partial charge is 0.331 e. The first kappa shape index (κ1) is 22.7. The van der Waals surface area contributed by atoms with Gasteiger partial charge in [-0.25, -0.2) is 14.8 Å². The molecule has 4 heterocycles. The Morgan fingerprint density at radius 2 is 2.06 bits per heavy atom. The molecule has 0 unspecified atom stereocenters. The molecule has 1 N–H and O–H groups in total. The highest BCUT2D eigenvalue weighted by Crippen LogP contribution is 2.36. The second-order valence-electron chi connectivity index (χ2n) is 8.94. The maximum Gasteiger partial charge on any atom is 0.331 e. The largest absolute Gasteiger partial charge is 0.478 e. The van der Waals surface area contributed by atoms with Gasteiger partial charge in [-0.2, -0.15) is 0 Å². The number of carbonyl (C=O) groups is 1. The second kappa shape index (κ2) is 9.68. The number of aromatic nitrogens is 3. The third-order valence-corrected chi connectivity index (χ3v) is 7.57. The van der Waals surface area contributed by atoms with E-state index in [9.17, 15) is 14.7 Å². The number of aliphatic carboxylic acids is 1. The fourth-order valence-corrected chi connectivity index (χ4v) is 5.22. The number of carboxylic acid groups (broad SMARTS) is 1. The number of aryl methyl sites for hydroxylation is 2. The van der Waals surface area contributed by atoms with E-state index in [0.717, 1.165) is 23.4 Å².